The maximum absolute atomic E-state index is 11.8. The highest BCUT2D eigenvalue weighted by molar-refractivity contribution is 9.10. The van der Waals surface area contributed by atoms with Crippen molar-refractivity contribution in [3.8, 4) is 11.5 Å². The number of rotatable bonds is 5. The van der Waals surface area contributed by atoms with Crippen LogP contribution in [0, 0.1) is 0 Å². The molecule has 2 rings (SSSR count). The van der Waals surface area contributed by atoms with Crippen molar-refractivity contribution in [3.05, 3.63) is 58.1 Å². The number of aromatic hydroxyl groups is 1. The molecule has 0 bridgehead atoms. The van der Waals surface area contributed by atoms with E-state index < -0.39 is 0 Å². The predicted molar refractivity (Wildman–Crippen MR) is 88.2 cm³/mol. The van der Waals surface area contributed by atoms with Crippen molar-refractivity contribution in [2.24, 2.45) is 5.10 Å². The molecule has 6 heteroatoms. The first kappa shape index (κ1) is 16.0. The summed E-state index contributed by atoms with van der Waals surface area (Å²) >= 11 is 3.34. The Balaban J connectivity index is 1.91. The maximum atomic E-state index is 11.8. The van der Waals surface area contributed by atoms with Crippen LogP contribution in [0.3, 0.4) is 0 Å². The Morgan fingerprint density at radius 3 is 2.73 bits per heavy atom. The molecule has 0 saturated carbocycles. The number of carbonyl (C=O) groups excluding carboxylic acids is 1. The molecule has 0 fully saturated rings. The number of halogens is 1. The average Bonchev–Trinajstić information content (AvgIpc) is 2.51. The summed E-state index contributed by atoms with van der Waals surface area (Å²) in [6.07, 6.45) is 1.74. The highest BCUT2D eigenvalue weighted by Crippen LogP contribution is 2.25. The van der Waals surface area contributed by atoms with Gasteiger partial charge in [-0.05, 0) is 41.5 Å². The predicted octanol–water partition coefficient (Wildman–Crippen LogP) is 2.86. The fourth-order valence-corrected chi connectivity index (χ4v) is 2.04. The van der Waals surface area contributed by atoms with E-state index in [4.69, 9.17) is 4.74 Å². The third kappa shape index (κ3) is 4.60. The van der Waals surface area contributed by atoms with Crippen LogP contribution in [-0.2, 0) is 11.2 Å². The number of benzene rings is 2. The van der Waals surface area contributed by atoms with Crippen molar-refractivity contribution in [2.75, 3.05) is 7.11 Å². The molecule has 0 heterocycles. The molecule has 0 saturated heterocycles. The van der Waals surface area contributed by atoms with Crippen LogP contribution in [-0.4, -0.2) is 24.3 Å². The second kappa shape index (κ2) is 7.61. The van der Waals surface area contributed by atoms with Crippen LogP contribution < -0.4 is 10.2 Å². The van der Waals surface area contributed by atoms with Gasteiger partial charge in [0.25, 0.3) is 0 Å². The highest BCUT2D eigenvalue weighted by atomic mass is 79.9. The van der Waals surface area contributed by atoms with Gasteiger partial charge in [-0.1, -0.05) is 28.1 Å². The Morgan fingerprint density at radius 1 is 1.32 bits per heavy atom. The largest absolute Gasteiger partial charge is 0.504 e. The third-order valence-electron chi connectivity index (χ3n) is 2.88. The molecular weight excluding hydrogens is 348 g/mol. The van der Waals surface area contributed by atoms with Crippen LogP contribution in [0.1, 0.15) is 11.1 Å². The molecule has 1 amide bonds. The van der Waals surface area contributed by atoms with Crippen LogP contribution in [0.4, 0.5) is 0 Å². The molecule has 0 spiro atoms. The first-order valence-electron chi connectivity index (χ1n) is 6.52. The quantitative estimate of drug-likeness (QED) is 0.634. The summed E-state index contributed by atoms with van der Waals surface area (Å²) in [4.78, 5) is 11.8. The minimum atomic E-state index is -0.204. The first-order valence-corrected chi connectivity index (χ1v) is 7.31. The van der Waals surface area contributed by atoms with Gasteiger partial charge in [0.1, 0.15) is 0 Å². The Labute approximate surface area is 136 Å². The normalized spacial score (nSPS) is 10.6. The third-order valence-corrected chi connectivity index (χ3v) is 3.41. The van der Waals surface area contributed by atoms with Crippen LogP contribution >= 0.6 is 15.9 Å². The lowest BCUT2D eigenvalue weighted by Gasteiger charge is -2.03. The van der Waals surface area contributed by atoms with Crippen LogP contribution in [0.2, 0.25) is 0 Å². The minimum absolute atomic E-state index is 0.0546. The van der Waals surface area contributed by atoms with Gasteiger partial charge in [0.15, 0.2) is 11.5 Å². The first-order chi connectivity index (χ1) is 10.6. The SMILES string of the molecule is COc1cc(/C=N/NC(=O)Cc2ccc(Br)cc2)ccc1O. The Bertz CT molecular complexity index is 684. The van der Waals surface area contributed by atoms with E-state index in [9.17, 15) is 9.90 Å². The van der Waals surface area contributed by atoms with Crippen molar-refractivity contribution >= 4 is 28.1 Å². The van der Waals surface area contributed by atoms with Gasteiger partial charge < -0.3 is 9.84 Å². The zero-order valence-corrected chi connectivity index (χ0v) is 13.5. The molecule has 2 aromatic rings. The molecule has 0 unspecified atom stereocenters. The molecule has 2 N–H and O–H groups in total. The number of amides is 1. The number of hydrazone groups is 1. The molecule has 0 aliphatic rings. The monoisotopic (exact) mass is 362 g/mol. The van der Waals surface area contributed by atoms with Crippen molar-refractivity contribution in [3.63, 3.8) is 0 Å². The van der Waals surface area contributed by atoms with E-state index in [1.807, 2.05) is 24.3 Å². The molecule has 0 radical (unpaired) electrons. The molecule has 2 aromatic carbocycles. The average molecular weight is 363 g/mol. The molecule has 0 atom stereocenters. The topological polar surface area (TPSA) is 70.9 Å². The van der Waals surface area contributed by atoms with Gasteiger partial charge in [-0.3, -0.25) is 4.79 Å². The summed E-state index contributed by atoms with van der Waals surface area (Å²) in [7, 11) is 1.47. The summed E-state index contributed by atoms with van der Waals surface area (Å²) in [5.41, 5.74) is 4.07. The molecule has 0 aromatic heterocycles. The summed E-state index contributed by atoms with van der Waals surface area (Å²) in [5.74, 6) is 0.202. The van der Waals surface area contributed by atoms with Crippen molar-refractivity contribution in [1.29, 1.82) is 0 Å². The number of ether oxygens (including phenoxy) is 1. The number of phenols is 1. The lowest BCUT2D eigenvalue weighted by atomic mass is 10.1. The van der Waals surface area contributed by atoms with E-state index in [0.29, 0.717) is 11.3 Å². The second-order valence-corrected chi connectivity index (χ2v) is 5.44. The van der Waals surface area contributed by atoms with Gasteiger partial charge in [0.05, 0.1) is 19.7 Å². The van der Waals surface area contributed by atoms with Crippen LogP contribution in [0.5, 0.6) is 11.5 Å². The van der Waals surface area contributed by atoms with E-state index in [0.717, 1.165) is 10.0 Å². The Morgan fingerprint density at radius 2 is 2.05 bits per heavy atom. The van der Waals surface area contributed by atoms with Crippen LogP contribution in [0.15, 0.2) is 52.0 Å². The van der Waals surface area contributed by atoms with Crippen LogP contribution in [0.25, 0.3) is 0 Å². The molecule has 0 aliphatic heterocycles. The van der Waals surface area contributed by atoms with E-state index in [2.05, 4.69) is 26.5 Å². The smallest absolute Gasteiger partial charge is 0.244 e. The summed E-state index contributed by atoms with van der Waals surface area (Å²) < 4.78 is 5.97. The molecule has 0 aliphatic carbocycles. The second-order valence-electron chi connectivity index (χ2n) is 4.53. The minimum Gasteiger partial charge on any atom is -0.504 e. The van der Waals surface area contributed by atoms with Gasteiger partial charge >= 0.3 is 0 Å². The molecular formula is C16H15BrN2O3. The number of hydrogen-bond donors (Lipinski definition) is 2. The van der Waals surface area contributed by atoms with Gasteiger partial charge in [-0.2, -0.15) is 5.10 Å². The van der Waals surface area contributed by atoms with Gasteiger partial charge in [-0.15, -0.1) is 0 Å². The highest BCUT2D eigenvalue weighted by Gasteiger charge is 2.03. The number of nitrogens with one attached hydrogen (secondary N) is 1. The number of carbonyl (C=O) groups is 1. The van der Waals surface area contributed by atoms with Crippen molar-refractivity contribution < 1.29 is 14.6 Å². The zero-order valence-electron chi connectivity index (χ0n) is 11.9. The standard InChI is InChI=1S/C16H15BrN2O3/c1-22-15-8-12(4-7-14(15)20)10-18-19-16(21)9-11-2-5-13(17)6-3-11/h2-8,10,20H,9H2,1H3,(H,19,21)/b18-10+. The van der Waals surface area contributed by atoms with E-state index >= 15 is 0 Å². The lowest BCUT2D eigenvalue weighted by Crippen LogP contribution is -2.19. The fourth-order valence-electron chi connectivity index (χ4n) is 1.78. The van der Waals surface area contributed by atoms with E-state index in [1.165, 1.54) is 19.4 Å². The molecule has 114 valence electrons. The number of phenolic OH excluding ortho intramolecular Hbond substituents is 1. The lowest BCUT2D eigenvalue weighted by molar-refractivity contribution is -0.120. The van der Waals surface area contributed by atoms with Crippen molar-refractivity contribution in [2.45, 2.75) is 6.42 Å². The Hall–Kier alpha value is -2.34. The summed E-state index contributed by atoms with van der Waals surface area (Å²) in [5, 5.41) is 13.4. The number of hydrogen-bond acceptors (Lipinski definition) is 4. The van der Waals surface area contributed by atoms with Crippen molar-refractivity contribution in [1.82, 2.24) is 5.43 Å². The number of methoxy groups -OCH3 is 1. The van der Waals surface area contributed by atoms with E-state index in [1.54, 1.807) is 12.1 Å². The van der Waals surface area contributed by atoms with Gasteiger partial charge in [0, 0.05) is 4.47 Å². The Kier molecular flexibility index (Phi) is 5.55. The molecule has 22 heavy (non-hydrogen) atoms. The molecule has 5 nitrogen and oxygen atoms in total. The fraction of sp³-hybridized carbons (Fsp3) is 0.125. The summed E-state index contributed by atoms with van der Waals surface area (Å²) in [6.45, 7) is 0. The van der Waals surface area contributed by atoms with E-state index in [-0.39, 0.29) is 18.1 Å². The van der Waals surface area contributed by atoms with Gasteiger partial charge in [0.2, 0.25) is 5.91 Å². The zero-order chi connectivity index (χ0) is 15.9. The summed E-state index contributed by atoms with van der Waals surface area (Å²) in [6, 6.07) is 12.3. The maximum Gasteiger partial charge on any atom is 0.244 e. The van der Waals surface area contributed by atoms with Gasteiger partial charge in [-0.25, -0.2) is 5.43 Å². The number of nitrogens with zero attached hydrogens (tertiary/aromatic N) is 1.